The van der Waals surface area contributed by atoms with E-state index in [-0.39, 0.29) is 25.3 Å². The summed E-state index contributed by atoms with van der Waals surface area (Å²) in [4.78, 5) is 94.7. The van der Waals surface area contributed by atoms with E-state index in [4.69, 9.17) is 10.8 Å². The molecule has 6 atom stereocenters. The maximum absolute atomic E-state index is 13.3. The number of rotatable bonds is 16. The molecule has 17 heteroatoms. The van der Waals surface area contributed by atoms with E-state index in [0.29, 0.717) is 18.5 Å². The van der Waals surface area contributed by atoms with E-state index in [1.165, 1.54) is 24.3 Å². The monoisotopic (exact) mass is 608 g/mol. The van der Waals surface area contributed by atoms with Crippen LogP contribution in [0.1, 0.15) is 52.1 Å². The highest BCUT2D eigenvalue weighted by Gasteiger charge is 2.39. The van der Waals surface area contributed by atoms with Crippen LogP contribution in [0.2, 0.25) is 0 Å². The molecular formula is C26H40N8O9. The number of aromatic nitrogens is 2. The lowest BCUT2D eigenvalue weighted by Crippen LogP contribution is -2.59. The van der Waals surface area contributed by atoms with Crippen molar-refractivity contribution in [3.05, 3.63) is 18.2 Å². The number of amides is 5. The number of H-pyrrole nitrogens is 1. The van der Waals surface area contributed by atoms with E-state index in [1.54, 1.807) is 13.8 Å². The van der Waals surface area contributed by atoms with Gasteiger partial charge in [0.05, 0.1) is 18.8 Å². The summed E-state index contributed by atoms with van der Waals surface area (Å²) in [6.07, 6.45) is 3.40. The van der Waals surface area contributed by atoms with Crippen LogP contribution in [-0.4, -0.2) is 110 Å². The minimum Gasteiger partial charge on any atom is -0.481 e. The van der Waals surface area contributed by atoms with Gasteiger partial charge in [0.1, 0.15) is 30.7 Å². The maximum atomic E-state index is 13.3. The van der Waals surface area contributed by atoms with Crippen molar-refractivity contribution in [1.29, 1.82) is 0 Å². The standard InChI is InChI=1S/C26H40N8O9/c1-4-13(2)21(25(42)29-11-20(37)38)33-24(41)18-6-5-7-34(18)26(43)14(3)31-23(40)17(9-19(35)36)32-22(39)16(27)8-15-10-28-12-30-15/h10,12-14,16-18,21H,4-9,11,27H2,1-3H3,(H,28,30)(H,29,42)(H,31,40)(H,32,39)(H,33,41)(H,35,36)(H,37,38)/t13-,14-,16-,17-,18-,21-/m0/s1. The SMILES string of the molecule is CC[C@H](C)[C@H](NC(=O)[C@@H]1CCCN1C(=O)[C@H](C)NC(=O)[C@H](CC(=O)O)NC(=O)[C@@H](N)Cc1cnc[nH]1)C(=O)NCC(=O)O. The molecule has 1 aromatic heterocycles. The summed E-state index contributed by atoms with van der Waals surface area (Å²) >= 11 is 0. The summed E-state index contributed by atoms with van der Waals surface area (Å²) in [6, 6.07) is -5.84. The van der Waals surface area contributed by atoms with E-state index in [2.05, 4.69) is 31.2 Å². The van der Waals surface area contributed by atoms with Crippen molar-refractivity contribution in [1.82, 2.24) is 36.1 Å². The number of nitrogens with two attached hydrogens (primary N) is 1. The van der Waals surface area contributed by atoms with E-state index in [9.17, 15) is 38.7 Å². The molecule has 1 aliphatic rings. The summed E-state index contributed by atoms with van der Waals surface area (Å²) in [6.45, 7) is 4.45. The molecule has 2 heterocycles. The normalized spacial score (nSPS) is 18.0. The van der Waals surface area contributed by atoms with Gasteiger partial charge >= 0.3 is 11.9 Å². The summed E-state index contributed by atoms with van der Waals surface area (Å²) in [7, 11) is 0. The largest absolute Gasteiger partial charge is 0.481 e. The van der Waals surface area contributed by atoms with Gasteiger partial charge in [0.2, 0.25) is 29.5 Å². The highest BCUT2D eigenvalue weighted by molar-refractivity contribution is 5.97. The predicted octanol–water partition coefficient (Wildman–Crippen LogP) is -2.53. The maximum Gasteiger partial charge on any atom is 0.322 e. The Bertz CT molecular complexity index is 1180. The number of carboxylic acids is 2. The Balaban J connectivity index is 2.06. The third kappa shape index (κ3) is 10.4. The molecule has 9 N–H and O–H groups in total. The van der Waals surface area contributed by atoms with Crippen molar-refractivity contribution in [2.24, 2.45) is 11.7 Å². The number of aromatic amines is 1. The molecule has 0 aliphatic carbocycles. The average molecular weight is 609 g/mol. The molecule has 43 heavy (non-hydrogen) atoms. The Kier molecular flexibility index (Phi) is 13.0. The zero-order valence-electron chi connectivity index (χ0n) is 24.3. The topological polar surface area (TPSA) is 266 Å². The number of carbonyl (C=O) groups is 7. The van der Waals surface area contributed by atoms with Crippen molar-refractivity contribution in [3.8, 4) is 0 Å². The van der Waals surface area contributed by atoms with E-state index < -0.39 is 84.6 Å². The molecule has 5 amide bonds. The second-order valence-electron chi connectivity index (χ2n) is 10.4. The van der Waals surface area contributed by atoms with Crippen molar-refractivity contribution >= 4 is 41.5 Å². The summed E-state index contributed by atoms with van der Waals surface area (Å²) < 4.78 is 0. The van der Waals surface area contributed by atoms with Gasteiger partial charge in [-0.15, -0.1) is 0 Å². The number of nitrogens with zero attached hydrogens (tertiary/aromatic N) is 2. The fourth-order valence-corrected chi connectivity index (χ4v) is 4.54. The lowest BCUT2D eigenvalue weighted by atomic mass is 9.97. The third-order valence-electron chi connectivity index (χ3n) is 7.12. The number of hydrogen-bond acceptors (Lipinski definition) is 9. The quantitative estimate of drug-likeness (QED) is 0.0969. The first-order valence-corrected chi connectivity index (χ1v) is 13.9. The Morgan fingerprint density at radius 1 is 1.05 bits per heavy atom. The number of hydrogen-bond donors (Lipinski definition) is 8. The molecule has 0 saturated carbocycles. The highest BCUT2D eigenvalue weighted by Crippen LogP contribution is 2.20. The number of likely N-dealkylation sites (tertiary alicyclic amines) is 1. The second kappa shape index (κ2) is 16.2. The van der Waals surface area contributed by atoms with Crippen LogP contribution in [0, 0.1) is 5.92 Å². The Morgan fingerprint density at radius 2 is 1.74 bits per heavy atom. The van der Waals surface area contributed by atoms with Gasteiger partial charge in [-0.25, -0.2) is 4.98 Å². The number of carboxylic acid groups (broad SMARTS) is 2. The molecule has 1 saturated heterocycles. The van der Waals surface area contributed by atoms with Crippen LogP contribution in [-0.2, 0) is 40.0 Å². The zero-order chi connectivity index (χ0) is 32.3. The van der Waals surface area contributed by atoms with Crippen LogP contribution >= 0.6 is 0 Å². The second-order valence-corrected chi connectivity index (χ2v) is 10.4. The molecule has 17 nitrogen and oxygen atoms in total. The molecule has 0 radical (unpaired) electrons. The van der Waals surface area contributed by atoms with E-state index in [0.717, 1.165) is 0 Å². The van der Waals surface area contributed by atoms with Gasteiger partial charge in [-0.2, -0.15) is 0 Å². The fourth-order valence-electron chi connectivity index (χ4n) is 4.54. The first kappa shape index (κ1) is 34.7. The Morgan fingerprint density at radius 3 is 2.33 bits per heavy atom. The number of aliphatic carboxylic acids is 2. The molecule has 1 fully saturated rings. The number of imidazole rings is 1. The van der Waals surface area contributed by atoms with E-state index in [1.807, 2.05) is 0 Å². The lowest BCUT2D eigenvalue weighted by Gasteiger charge is -2.30. The lowest BCUT2D eigenvalue weighted by molar-refractivity contribution is -0.143. The minimum atomic E-state index is -1.54. The van der Waals surface area contributed by atoms with Gasteiger partial charge in [-0.05, 0) is 25.7 Å². The molecule has 0 aromatic carbocycles. The van der Waals surface area contributed by atoms with Crippen molar-refractivity contribution < 1.29 is 43.8 Å². The van der Waals surface area contributed by atoms with Gasteiger partial charge in [-0.1, -0.05) is 20.3 Å². The Labute approximate surface area is 247 Å². The first-order valence-electron chi connectivity index (χ1n) is 13.9. The molecule has 238 valence electrons. The third-order valence-corrected chi connectivity index (χ3v) is 7.12. The van der Waals surface area contributed by atoms with Gasteiger partial charge in [0.25, 0.3) is 0 Å². The first-order chi connectivity index (χ1) is 20.2. The molecule has 1 aromatic rings. The van der Waals surface area contributed by atoms with E-state index >= 15 is 0 Å². The van der Waals surface area contributed by atoms with Gasteiger partial charge in [0, 0.05) is 24.9 Å². The van der Waals surface area contributed by atoms with Crippen molar-refractivity contribution in [2.45, 2.75) is 83.1 Å². The summed E-state index contributed by atoms with van der Waals surface area (Å²) in [5.74, 6) is -6.57. The molecule has 0 spiro atoms. The van der Waals surface area contributed by atoms with Gasteiger partial charge in [0.15, 0.2) is 0 Å². The van der Waals surface area contributed by atoms with Crippen LogP contribution in [0.25, 0.3) is 0 Å². The zero-order valence-corrected chi connectivity index (χ0v) is 24.3. The van der Waals surface area contributed by atoms with Crippen molar-refractivity contribution in [3.63, 3.8) is 0 Å². The Hall–Kier alpha value is -4.54. The van der Waals surface area contributed by atoms with Crippen LogP contribution < -0.4 is 27.0 Å². The van der Waals surface area contributed by atoms with Crippen LogP contribution in [0.5, 0.6) is 0 Å². The van der Waals surface area contributed by atoms with Gasteiger partial charge in [-0.3, -0.25) is 33.6 Å². The summed E-state index contributed by atoms with van der Waals surface area (Å²) in [5, 5.41) is 27.7. The van der Waals surface area contributed by atoms with Crippen LogP contribution in [0.4, 0.5) is 0 Å². The molecule has 0 bridgehead atoms. The van der Waals surface area contributed by atoms with Crippen LogP contribution in [0.3, 0.4) is 0 Å². The molecule has 0 unspecified atom stereocenters. The number of nitrogens with one attached hydrogen (secondary N) is 5. The number of carbonyl (C=O) groups excluding carboxylic acids is 5. The fraction of sp³-hybridized carbons (Fsp3) is 0.615. The molecule has 1 aliphatic heterocycles. The average Bonchev–Trinajstić information content (AvgIpc) is 3.65. The predicted molar refractivity (Wildman–Crippen MR) is 149 cm³/mol. The van der Waals surface area contributed by atoms with Crippen molar-refractivity contribution in [2.75, 3.05) is 13.1 Å². The molecular weight excluding hydrogens is 568 g/mol. The molecule has 2 rings (SSSR count). The summed E-state index contributed by atoms with van der Waals surface area (Å²) in [5.41, 5.74) is 6.44. The van der Waals surface area contributed by atoms with Crippen LogP contribution in [0.15, 0.2) is 12.5 Å². The highest BCUT2D eigenvalue weighted by atomic mass is 16.4. The smallest absolute Gasteiger partial charge is 0.322 e. The van der Waals surface area contributed by atoms with Gasteiger partial charge < -0.3 is 47.1 Å². The minimum absolute atomic E-state index is 0.0552.